The van der Waals surface area contributed by atoms with Crippen molar-refractivity contribution >= 4 is 43.4 Å². The van der Waals surface area contributed by atoms with Gasteiger partial charge in [-0.25, -0.2) is 19.9 Å². The highest BCUT2D eigenvalue weighted by Crippen LogP contribution is 2.41. The molecule has 0 fully saturated rings. The van der Waals surface area contributed by atoms with Gasteiger partial charge in [0.2, 0.25) is 0 Å². The predicted molar refractivity (Wildman–Crippen MR) is 240 cm³/mol. The average molecular weight is 739 g/mol. The number of pyridine rings is 1. The molecule has 270 valence electrons. The summed E-state index contributed by atoms with van der Waals surface area (Å²) >= 11 is 0. The normalized spacial score (nSPS) is 11.4. The Balaban J connectivity index is 1.04. The van der Waals surface area contributed by atoms with E-state index in [1.54, 1.807) is 0 Å². The summed E-state index contributed by atoms with van der Waals surface area (Å²) in [5.74, 6) is 1.89. The molecule has 4 heteroatoms. The Bertz CT molecular complexity index is 3230. The number of nitrogens with zero attached hydrogens (tertiary/aromatic N) is 4. The van der Waals surface area contributed by atoms with E-state index in [9.17, 15) is 0 Å². The number of hydrogen-bond donors (Lipinski definition) is 0. The molecule has 11 rings (SSSR count). The second kappa shape index (κ2) is 14.0. The third-order valence-electron chi connectivity index (χ3n) is 11.1. The van der Waals surface area contributed by atoms with E-state index in [0.717, 1.165) is 71.5 Å². The van der Waals surface area contributed by atoms with Crippen LogP contribution in [0.15, 0.2) is 206 Å². The second-order valence-electron chi connectivity index (χ2n) is 14.6. The molecule has 0 atom stereocenters. The van der Waals surface area contributed by atoms with Crippen molar-refractivity contribution in [3.05, 3.63) is 206 Å². The van der Waals surface area contributed by atoms with Crippen LogP contribution in [0.25, 0.3) is 111 Å². The summed E-state index contributed by atoms with van der Waals surface area (Å²) in [6, 6.07) is 72.3. The van der Waals surface area contributed by atoms with Crippen molar-refractivity contribution in [2.45, 2.75) is 0 Å². The number of aromatic nitrogens is 4. The lowest BCUT2D eigenvalue weighted by molar-refractivity contribution is 1.07. The van der Waals surface area contributed by atoms with E-state index in [1.165, 1.54) is 21.9 Å². The van der Waals surface area contributed by atoms with E-state index in [4.69, 9.17) is 19.9 Å². The Morgan fingerprint density at radius 2 is 0.621 bits per heavy atom. The molecule has 58 heavy (non-hydrogen) atoms. The van der Waals surface area contributed by atoms with E-state index < -0.39 is 0 Å². The molecule has 0 aliphatic carbocycles. The number of fused-ring (bicyclic) bond motifs is 6. The summed E-state index contributed by atoms with van der Waals surface area (Å²) < 4.78 is 0. The topological polar surface area (TPSA) is 51.6 Å². The molecule has 0 aliphatic rings. The molecule has 0 saturated carbocycles. The molecule has 0 saturated heterocycles. The van der Waals surface area contributed by atoms with Gasteiger partial charge in [-0.2, -0.15) is 0 Å². The molecule has 0 aliphatic heterocycles. The predicted octanol–water partition coefficient (Wildman–Crippen LogP) is 13.9. The third kappa shape index (κ3) is 5.96. The average Bonchev–Trinajstić information content (AvgIpc) is 3.31. The Morgan fingerprint density at radius 1 is 0.224 bits per heavy atom. The molecule has 4 nitrogen and oxygen atoms in total. The quantitative estimate of drug-likeness (QED) is 0.126. The molecular weight excluding hydrogens is 705 g/mol. The second-order valence-corrected chi connectivity index (χ2v) is 14.6. The largest absolute Gasteiger partial charge is 0.246 e. The van der Waals surface area contributed by atoms with Crippen molar-refractivity contribution in [2.75, 3.05) is 0 Å². The minimum atomic E-state index is 0.624. The Kier molecular flexibility index (Phi) is 8.11. The first-order valence-corrected chi connectivity index (χ1v) is 19.6. The lowest BCUT2D eigenvalue weighted by atomic mass is 9.91. The Morgan fingerprint density at radius 3 is 1.21 bits per heavy atom. The molecule has 2 aromatic heterocycles. The molecule has 9 aromatic carbocycles. The van der Waals surface area contributed by atoms with Crippen molar-refractivity contribution in [1.82, 2.24) is 19.9 Å². The van der Waals surface area contributed by atoms with E-state index in [0.29, 0.717) is 17.5 Å². The molecule has 2 heterocycles. The van der Waals surface area contributed by atoms with Crippen LogP contribution in [-0.4, -0.2) is 19.9 Å². The molecule has 0 spiro atoms. The van der Waals surface area contributed by atoms with Gasteiger partial charge in [0.15, 0.2) is 17.5 Å². The summed E-state index contributed by atoms with van der Waals surface area (Å²) in [6.07, 6.45) is 0. The van der Waals surface area contributed by atoms with Gasteiger partial charge >= 0.3 is 0 Å². The highest BCUT2D eigenvalue weighted by atomic mass is 15.0. The van der Waals surface area contributed by atoms with E-state index >= 15 is 0 Å². The molecule has 0 radical (unpaired) electrons. The molecule has 0 N–H and O–H groups in total. The summed E-state index contributed by atoms with van der Waals surface area (Å²) in [6.45, 7) is 0. The van der Waals surface area contributed by atoms with Crippen LogP contribution in [0.5, 0.6) is 0 Å². The zero-order valence-electron chi connectivity index (χ0n) is 31.4. The van der Waals surface area contributed by atoms with Crippen LogP contribution >= 0.6 is 0 Å². The fourth-order valence-electron chi connectivity index (χ4n) is 8.21. The van der Waals surface area contributed by atoms with Gasteiger partial charge in [0.25, 0.3) is 0 Å². The van der Waals surface area contributed by atoms with Gasteiger partial charge in [0, 0.05) is 43.8 Å². The number of benzene rings is 9. The molecule has 0 amide bonds. The van der Waals surface area contributed by atoms with Crippen molar-refractivity contribution in [2.24, 2.45) is 0 Å². The van der Waals surface area contributed by atoms with Crippen LogP contribution in [0.4, 0.5) is 0 Å². The zero-order chi connectivity index (χ0) is 38.4. The van der Waals surface area contributed by atoms with Crippen LogP contribution in [0.1, 0.15) is 0 Å². The van der Waals surface area contributed by atoms with Gasteiger partial charge in [-0.3, -0.25) is 0 Å². The van der Waals surface area contributed by atoms with Gasteiger partial charge in [0.1, 0.15) is 0 Å². The monoisotopic (exact) mass is 738 g/mol. The minimum absolute atomic E-state index is 0.624. The fraction of sp³-hybridized carbons (Fsp3) is 0. The van der Waals surface area contributed by atoms with Crippen LogP contribution < -0.4 is 0 Å². The van der Waals surface area contributed by atoms with Gasteiger partial charge in [-0.1, -0.05) is 194 Å². The standard InChI is InChI=1S/C54H34N4/c1-3-13-35(14-4-1)36-25-27-40(28-26-36)53-56-52(39-17-5-2-6-18-39)57-54(58-53)44-22-12-20-42(34-44)41-19-11-21-43(33-41)49-47-31-29-37-15-7-9-23-45(37)50(47)55-51-46-24-10-8-16-38(46)30-32-48(49)51/h1-34H. The third-order valence-corrected chi connectivity index (χ3v) is 11.1. The molecule has 0 unspecified atom stereocenters. The van der Waals surface area contributed by atoms with Crippen molar-refractivity contribution in [1.29, 1.82) is 0 Å². The maximum atomic E-state index is 5.40. The van der Waals surface area contributed by atoms with E-state index in [2.05, 4.69) is 170 Å². The van der Waals surface area contributed by atoms with Crippen molar-refractivity contribution in [3.8, 4) is 67.5 Å². The lowest BCUT2D eigenvalue weighted by Gasteiger charge is -2.15. The van der Waals surface area contributed by atoms with Crippen LogP contribution in [-0.2, 0) is 0 Å². The van der Waals surface area contributed by atoms with Gasteiger partial charge in [-0.15, -0.1) is 0 Å². The Labute approximate surface area is 335 Å². The SMILES string of the molecule is c1ccc(-c2ccc(-c3nc(-c4ccccc4)nc(-c4cccc(-c5cccc(-c6c7ccc8ccccc8c7nc7c6ccc6ccccc67)c5)c4)n3)cc2)cc1. The highest BCUT2D eigenvalue weighted by Gasteiger charge is 2.17. The van der Waals surface area contributed by atoms with Crippen LogP contribution in [0.2, 0.25) is 0 Å². The molecule has 0 bridgehead atoms. The summed E-state index contributed by atoms with van der Waals surface area (Å²) in [7, 11) is 0. The van der Waals surface area contributed by atoms with Crippen LogP contribution in [0.3, 0.4) is 0 Å². The zero-order valence-corrected chi connectivity index (χ0v) is 31.4. The summed E-state index contributed by atoms with van der Waals surface area (Å²) in [5, 5.41) is 6.93. The highest BCUT2D eigenvalue weighted by molar-refractivity contribution is 6.21. The smallest absolute Gasteiger partial charge is 0.164 e. The lowest BCUT2D eigenvalue weighted by Crippen LogP contribution is -2.00. The first-order chi connectivity index (χ1) is 28.7. The number of hydrogen-bond acceptors (Lipinski definition) is 4. The fourth-order valence-corrected chi connectivity index (χ4v) is 8.21. The van der Waals surface area contributed by atoms with E-state index in [1.807, 2.05) is 36.4 Å². The van der Waals surface area contributed by atoms with Gasteiger partial charge in [-0.05, 0) is 50.7 Å². The van der Waals surface area contributed by atoms with Crippen molar-refractivity contribution in [3.63, 3.8) is 0 Å². The van der Waals surface area contributed by atoms with E-state index in [-0.39, 0.29) is 0 Å². The van der Waals surface area contributed by atoms with Gasteiger partial charge in [0.05, 0.1) is 11.0 Å². The number of rotatable bonds is 6. The first-order valence-electron chi connectivity index (χ1n) is 19.6. The Hall–Kier alpha value is -7.82. The summed E-state index contributed by atoms with van der Waals surface area (Å²) in [5.41, 5.74) is 11.6. The first kappa shape index (κ1) is 33.5. The molecule has 11 aromatic rings. The maximum Gasteiger partial charge on any atom is 0.164 e. The van der Waals surface area contributed by atoms with Crippen LogP contribution in [0, 0.1) is 0 Å². The van der Waals surface area contributed by atoms with Crippen molar-refractivity contribution < 1.29 is 0 Å². The summed E-state index contributed by atoms with van der Waals surface area (Å²) in [4.78, 5) is 20.5. The maximum absolute atomic E-state index is 5.40. The van der Waals surface area contributed by atoms with Gasteiger partial charge < -0.3 is 0 Å². The minimum Gasteiger partial charge on any atom is -0.246 e. The molecular formula is C54H34N4.